The number of amides is 1. The zero-order chi connectivity index (χ0) is 16.2. The van der Waals surface area contributed by atoms with E-state index in [9.17, 15) is 4.79 Å². The van der Waals surface area contributed by atoms with Crippen LogP contribution in [0.2, 0.25) is 0 Å². The lowest BCUT2D eigenvalue weighted by atomic mass is 10.2. The SMILES string of the molecule is CCC(C)NC(=O)Cn1ncc2c(N3CCOCC3)ncnc21. The van der Waals surface area contributed by atoms with E-state index in [0.29, 0.717) is 18.9 Å². The highest BCUT2D eigenvalue weighted by Crippen LogP contribution is 2.23. The van der Waals surface area contributed by atoms with E-state index < -0.39 is 0 Å². The number of rotatable bonds is 5. The molecule has 1 atom stereocenters. The summed E-state index contributed by atoms with van der Waals surface area (Å²) in [6, 6.07) is 0.155. The first-order valence-electron chi connectivity index (χ1n) is 7.97. The predicted molar refractivity (Wildman–Crippen MR) is 86.3 cm³/mol. The van der Waals surface area contributed by atoms with Crippen LogP contribution in [0.4, 0.5) is 5.82 Å². The molecule has 2 aromatic heterocycles. The van der Waals surface area contributed by atoms with Crippen molar-refractivity contribution >= 4 is 22.8 Å². The molecular formula is C15H22N6O2. The molecule has 3 heterocycles. The van der Waals surface area contributed by atoms with Gasteiger partial charge in [0.2, 0.25) is 5.91 Å². The van der Waals surface area contributed by atoms with Crippen molar-refractivity contribution in [1.82, 2.24) is 25.1 Å². The van der Waals surface area contributed by atoms with E-state index in [0.717, 1.165) is 30.7 Å². The Morgan fingerprint density at radius 3 is 2.91 bits per heavy atom. The van der Waals surface area contributed by atoms with E-state index in [2.05, 4.69) is 25.3 Å². The molecule has 0 aliphatic carbocycles. The lowest BCUT2D eigenvalue weighted by Gasteiger charge is -2.27. The second kappa shape index (κ2) is 6.91. The van der Waals surface area contributed by atoms with Crippen LogP contribution in [0.3, 0.4) is 0 Å². The lowest BCUT2D eigenvalue weighted by Crippen LogP contribution is -2.37. The molecular weight excluding hydrogens is 296 g/mol. The van der Waals surface area contributed by atoms with E-state index in [-0.39, 0.29) is 18.5 Å². The number of hydrogen-bond donors (Lipinski definition) is 1. The third kappa shape index (κ3) is 3.42. The summed E-state index contributed by atoms with van der Waals surface area (Å²) in [4.78, 5) is 22.9. The molecule has 0 bridgehead atoms. The number of carbonyl (C=O) groups excluding carboxylic acids is 1. The minimum atomic E-state index is -0.0594. The maximum atomic E-state index is 12.1. The second-order valence-electron chi connectivity index (χ2n) is 5.71. The summed E-state index contributed by atoms with van der Waals surface area (Å²) >= 11 is 0. The Kier molecular flexibility index (Phi) is 4.71. The smallest absolute Gasteiger partial charge is 0.242 e. The first kappa shape index (κ1) is 15.7. The van der Waals surface area contributed by atoms with Gasteiger partial charge in [-0.05, 0) is 13.3 Å². The van der Waals surface area contributed by atoms with Gasteiger partial charge in [0.15, 0.2) is 5.65 Å². The lowest BCUT2D eigenvalue weighted by molar-refractivity contribution is -0.122. The Morgan fingerprint density at radius 2 is 2.17 bits per heavy atom. The molecule has 1 unspecified atom stereocenters. The van der Waals surface area contributed by atoms with E-state index in [1.807, 2.05) is 13.8 Å². The fraction of sp³-hybridized carbons (Fsp3) is 0.600. The first-order valence-corrected chi connectivity index (χ1v) is 7.97. The van der Waals surface area contributed by atoms with Crippen molar-refractivity contribution in [2.24, 2.45) is 0 Å². The maximum absolute atomic E-state index is 12.1. The Hall–Kier alpha value is -2.22. The van der Waals surface area contributed by atoms with Crippen LogP contribution in [0, 0.1) is 0 Å². The number of hydrogen-bond acceptors (Lipinski definition) is 6. The van der Waals surface area contributed by atoms with Gasteiger partial charge in [0.05, 0.1) is 24.8 Å². The third-order valence-electron chi connectivity index (χ3n) is 4.04. The molecule has 1 aliphatic heterocycles. The summed E-state index contributed by atoms with van der Waals surface area (Å²) in [6.45, 7) is 7.16. The van der Waals surface area contributed by atoms with Crippen molar-refractivity contribution < 1.29 is 9.53 Å². The van der Waals surface area contributed by atoms with E-state index >= 15 is 0 Å². The van der Waals surface area contributed by atoms with Crippen molar-refractivity contribution in [2.75, 3.05) is 31.2 Å². The summed E-state index contributed by atoms with van der Waals surface area (Å²) in [5.74, 6) is 0.794. The van der Waals surface area contributed by atoms with Gasteiger partial charge in [-0.15, -0.1) is 0 Å². The molecule has 1 aliphatic rings. The van der Waals surface area contributed by atoms with E-state index in [4.69, 9.17) is 4.74 Å². The first-order chi connectivity index (χ1) is 11.2. The number of aromatic nitrogens is 4. The van der Waals surface area contributed by atoms with Gasteiger partial charge in [0.25, 0.3) is 0 Å². The number of ether oxygens (including phenoxy) is 1. The van der Waals surface area contributed by atoms with Gasteiger partial charge in [0, 0.05) is 19.1 Å². The van der Waals surface area contributed by atoms with Gasteiger partial charge in [-0.3, -0.25) is 4.79 Å². The van der Waals surface area contributed by atoms with Crippen LogP contribution in [-0.4, -0.2) is 58.0 Å². The van der Waals surface area contributed by atoms with Crippen LogP contribution in [0.1, 0.15) is 20.3 Å². The van der Waals surface area contributed by atoms with Crippen LogP contribution in [-0.2, 0) is 16.1 Å². The molecule has 1 amide bonds. The molecule has 2 aromatic rings. The number of nitrogens with one attached hydrogen (secondary N) is 1. The summed E-state index contributed by atoms with van der Waals surface area (Å²) in [7, 11) is 0. The number of anilines is 1. The monoisotopic (exact) mass is 318 g/mol. The minimum absolute atomic E-state index is 0.0594. The molecule has 0 aromatic carbocycles. The molecule has 23 heavy (non-hydrogen) atoms. The Bertz CT molecular complexity index is 680. The van der Waals surface area contributed by atoms with Gasteiger partial charge >= 0.3 is 0 Å². The average molecular weight is 318 g/mol. The molecule has 8 heteroatoms. The number of fused-ring (bicyclic) bond motifs is 1. The maximum Gasteiger partial charge on any atom is 0.242 e. The van der Waals surface area contributed by atoms with Crippen LogP contribution < -0.4 is 10.2 Å². The van der Waals surface area contributed by atoms with Gasteiger partial charge in [-0.25, -0.2) is 14.6 Å². The van der Waals surface area contributed by atoms with Crippen molar-refractivity contribution in [2.45, 2.75) is 32.9 Å². The van der Waals surface area contributed by atoms with Crippen molar-refractivity contribution in [3.8, 4) is 0 Å². The normalized spacial score (nSPS) is 16.5. The largest absolute Gasteiger partial charge is 0.378 e. The van der Waals surface area contributed by atoms with Crippen LogP contribution in [0.25, 0.3) is 11.0 Å². The second-order valence-corrected chi connectivity index (χ2v) is 5.71. The highest BCUT2D eigenvalue weighted by molar-refractivity contribution is 5.87. The molecule has 8 nitrogen and oxygen atoms in total. The standard InChI is InChI=1S/C15H22N6O2/c1-3-11(2)19-13(22)9-21-15-12(8-18-21)14(16-10-17-15)20-4-6-23-7-5-20/h8,10-11H,3-7,9H2,1-2H3,(H,19,22). The number of morpholine rings is 1. The molecule has 124 valence electrons. The van der Waals surface area contributed by atoms with Gasteiger partial charge in [-0.1, -0.05) is 6.92 Å². The van der Waals surface area contributed by atoms with Gasteiger partial charge in [0.1, 0.15) is 18.7 Å². The van der Waals surface area contributed by atoms with Crippen molar-refractivity contribution in [1.29, 1.82) is 0 Å². The summed E-state index contributed by atoms with van der Waals surface area (Å²) < 4.78 is 7.00. The summed E-state index contributed by atoms with van der Waals surface area (Å²) in [5.41, 5.74) is 0.681. The van der Waals surface area contributed by atoms with Gasteiger partial charge in [-0.2, -0.15) is 5.10 Å². The third-order valence-corrected chi connectivity index (χ3v) is 4.04. The summed E-state index contributed by atoms with van der Waals surface area (Å²) in [5, 5.41) is 8.13. The fourth-order valence-electron chi connectivity index (χ4n) is 2.58. The molecule has 1 saturated heterocycles. The zero-order valence-electron chi connectivity index (χ0n) is 13.5. The number of carbonyl (C=O) groups is 1. The molecule has 3 rings (SSSR count). The fourth-order valence-corrected chi connectivity index (χ4v) is 2.58. The summed E-state index contributed by atoms with van der Waals surface area (Å²) in [6.07, 6.45) is 4.16. The average Bonchev–Trinajstić information content (AvgIpc) is 2.98. The topological polar surface area (TPSA) is 85.2 Å². The zero-order valence-corrected chi connectivity index (χ0v) is 13.5. The molecule has 0 saturated carbocycles. The Morgan fingerprint density at radius 1 is 1.39 bits per heavy atom. The molecule has 1 N–H and O–H groups in total. The highest BCUT2D eigenvalue weighted by Gasteiger charge is 2.18. The van der Waals surface area contributed by atoms with E-state index in [1.54, 1.807) is 10.9 Å². The minimum Gasteiger partial charge on any atom is -0.378 e. The molecule has 0 radical (unpaired) electrons. The van der Waals surface area contributed by atoms with Crippen LogP contribution >= 0.6 is 0 Å². The molecule has 0 spiro atoms. The van der Waals surface area contributed by atoms with E-state index in [1.165, 1.54) is 6.33 Å². The Balaban J connectivity index is 1.82. The van der Waals surface area contributed by atoms with Crippen LogP contribution in [0.15, 0.2) is 12.5 Å². The van der Waals surface area contributed by atoms with Crippen molar-refractivity contribution in [3.05, 3.63) is 12.5 Å². The molecule has 1 fully saturated rings. The highest BCUT2D eigenvalue weighted by atomic mass is 16.5. The Labute approximate surface area is 134 Å². The van der Waals surface area contributed by atoms with Gasteiger partial charge < -0.3 is 15.0 Å². The quantitative estimate of drug-likeness (QED) is 0.868. The predicted octanol–water partition coefficient (Wildman–Crippen LogP) is 0.578. The van der Waals surface area contributed by atoms with Crippen molar-refractivity contribution in [3.63, 3.8) is 0 Å². The number of nitrogens with zero attached hydrogens (tertiary/aromatic N) is 5. The van der Waals surface area contributed by atoms with Crippen LogP contribution in [0.5, 0.6) is 0 Å².